The molecule has 10 heteroatoms. The molecule has 0 spiro atoms. The fourth-order valence-electron chi connectivity index (χ4n) is 2.01. The van der Waals surface area contributed by atoms with Crippen LogP contribution in [0.5, 0.6) is 0 Å². The Kier molecular flexibility index (Phi) is 7.58. The second-order valence-electron chi connectivity index (χ2n) is 5.56. The Balaban J connectivity index is 1.65. The number of nitrogens with one attached hydrogen (secondary N) is 3. The van der Waals surface area contributed by atoms with Crippen LogP contribution >= 0.6 is 11.6 Å². The fourth-order valence-corrected chi connectivity index (χ4v) is 2.19. The molecule has 0 aliphatic heterocycles. The Labute approximate surface area is 165 Å². The molecule has 28 heavy (non-hydrogen) atoms. The summed E-state index contributed by atoms with van der Waals surface area (Å²) in [6.07, 6.45) is 1.32. The lowest BCUT2D eigenvalue weighted by Gasteiger charge is -2.10. The normalized spacial score (nSPS) is 10.1. The molecule has 0 aliphatic carbocycles. The van der Waals surface area contributed by atoms with E-state index in [1.807, 2.05) is 0 Å². The lowest BCUT2D eigenvalue weighted by Crippen LogP contribution is -2.37. The number of ether oxygens (including phenoxy) is 1. The molecule has 1 heterocycles. The van der Waals surface area contributed by atoms with Crippen LogP contribution in [-0.2, 0) is 19.1 Å². The van der Waals surface area contributed by atoms with Crippen LogP contribution in [-0.4, -0.2) is 43.4 Å². The van der Waals surface area contributed by atoms with Crippen LogP contribution in [0.4, 0.5) is 5.69 Å². The number of carbonyl (C=O) groups excluding carboxylic acids is 4. The van der Waals surface area contributed by atoms with E-state index in [-0.39, 0.29) is 12.3 Å². The van der Waals surface area contributed by atoms with Crippen molar-refractivity contribution in [1.82, 2.24) is 10.6 Å². The van der Waals surface area contributed by atoms with E-state index in [4.69, 9.17) is 20.8 Å². The highest BCUT2D eigenvalue weighted by Gasteiger charge is 2.13. The topological polar surface area (TPSA) is 127 Å². The molecule has 0 aliphatic rings. The van der Waals surface area contributed by atoms with Crippen molar-refractivity contribution in [2.75, 3.05) is 25.0 Å². The van der Waals surface area contributed by atoms with Gasteiger partial charge in [0.2, 0.25) is 5.91 Å². The Morgan fingerprint density at radius 1 is 1.04 bits per heavy atom. The summed E-state index contributed by atoms with van der Waals surface area (Å²) in [5.74, 6) is -2.47. The number of rotatable bonds is 8. The zero-order valence-electron chi connectivity index (χ0n) is 14.9. The smallest absolute Gasteiger partial charge is 0.325 e. The molecule has 2 aromatic rings. The maximum absolute atomic E-state index is 11.9. The Bertz CT molecular complexity index is 866. The Morgan fingerprint density at radius 3 is 2.54 bits per heavy atom. The number of halogens is 1. The van der Waals surface area contributed by atoms with Gasteiger partial charge in [0.1, 0.15) is 6.54 Å². The molecular formula is C18H18ClN3O6. The van der Waals surface area contributed by atoms with E-state index in [0.717, 1.165) is 0 Å². The van der Waals surface area contributed by atoms with Gasteiger partial charge in [-0.2, -0.15) is 0 Å². The van der Waals surface area contributed by atoms with Gasteiger partial charge in [-0.15, -0.1) is 0 Å². The van der Waals surface area contributed by atoms with Crippen molar-refractivity contribution in [3.63, 3.8) is 0 Å². The zero-order chi connectivity index (χ0) is 20.5. The summed E-state index contributed by atoms with van der Waals surface area (Å²) in [7, 11) is 0. The van der Waals surface area contributed by atoms with Crippen molar-refractivity contribution in [2.45, 2.75) is 6.92 Å². The zero-order valence-corrected chi connectivity index (χ0v) is 15.7. The van der Waals surface area contributed by atoms with E-state index in [9.17, 15) is 19.2 Å². The minimum atomic E-state index is -0.811. The van der Waals surface area contributed by atoms with Crippen LogP contribution in [0, 0.1) is 6.92 Å². The number of amides is 3. The van der Waals surface area contributed by atoms with Gasteiger partial charge in [-0.25, -0.2) is 0 Å². The average molecular weight is 408 g/mol. The average Bonchev–Trinajstić information content (AvgIpc) is 3.21. The van der Waals surface area contributed by atoms with Gasteiger partial charge in [-0.3, -0.25) is 19.2 Å². The molecule has 0 atom stereocenters. The third kappa shape index (κ3) is 6.44. The van der Waals surface area contributed by atoms with Crippen LogP contribution < -0.4 is 16.0 Å². The van der Waals surface area contributed by atoms with E-state index in [0.29, 0.717) is 16.3 Å². The largest absolute Gasteiger partial charge is 0.459 e. The van der Waals surface area contributed by atoms with Gasteiger partial charge in [0.15, 0.2) is 12.4 Å². The van der Waals surface area contributed by atoms with Gasteiger partial charge in [0.25, 0.3) is 11.8 Å². The van der Waals surface area contributed by atoms with Gasteiger partial charge < -0.3 is 25.1 Å². The SMILES string of the molecule is Cc1c(Cl)cccc1NC(=O)CNC(=O)COC(=O)CNC(=O)c1ccco1. The molecule has 0 unspecified atom stereocenters. The molecule has 1 aromatic carbocycles. The van der Waals surface area contributed by atoms with Crippen LogP contribution in [0.3, 0.4) is 0 Å². The Hall–Kier alpha value is -3.33. The monoisotopic (exact) mass is 407 g/mol. The van der Waals surface area contributed by atoms with Gasteiger partial charge in [-0.1, -0.05) is 17.7 Å². The molecule has 9 nitrogen and oxygen atoms in total. The highest BCUT2D eigenvalue weighted by Crippen LogP contribution is 2.22. The second kappa shape index (κ2) is 10.1. The minimum Gasteiger partial charge on any atom is -0.459 e. The maximum Gasteiger partial charge on any atom is 0.325 e. The molecule has 0 saturated heterocycles. The first-order chi connectivity index (χ1) is 13.4. The van der Waals surface area contributed by atoms with Crippen molar-refractivity contribution >= 4 is 41.0 Å². The highest BCUT2D eigenvalue weighted by molar-refractivity contribution is 6.31. The van der Waals surface area contributed by atoms with E-state index in [2.05, 4.69) is 16.0 Å². The summed E-state index contributed by atoms with van der Waals surface area (Å²) in [4.78, 5) is 46.6. The number of carbonyl (C=O) groups is 4. The van der Waals surface area contributed by atoms with E-state index < -0.39 is 36.8 Å². The Morgan fingerprint density at radius 2 is 1.82 bits per heavy atom. The molecule has 0 radical (unpaired) electrons. The van der Waals surface area contributed by atoms with E-state index >= 15 is 0 Å². The molecule has 0 bridgehead atoms. The third-order valence-corrected chi connectivity index (χ3v) is 3.90. The molecule has 0 fully saturated rings. The van der Waals surface area contributed by atoms with E-state index in [1.165, 1.54) is 18.4 Å². The first-order valence-corrected chi connectivity index (χ1v) is 8.53. The van der Waals surface area contributed by atoms with Gasteiger partial charge in [-0.05, 0) is 36.8 Å². The lowest BCUT2D eigenvalue weighted by molar-refractivity contribution is -0.147. The quantitative estimate of drug-likeness (QED) is 0.565. The van der Waals surface area contributed by atoms with Crippen molar-refractivity contribution < 1.29 is 28.3 Å². The fraction of sp³-hybridized carbons (Fsp3) is 0.222. The maximum atomic E-state index is 11.9. The predicted octanol–water partition coefficient (Wildman–Crippen LogP) is 1.27. The molecule has 3 amide bonds. The number of hydrogen-bond acceptors (Lipinski definition) is 6. The van der Waals surface area contributed by atoms with Crippen molar-refractivity contribution in [3.8, 4) is 0 Å². The van der Waals surface area contributed by atoms with Gasteiger partial charge in [0, 0.05) is 10.7 Å². The summed E-state index contributed by atoms with van der Waals surface area (Å²) in [6, 6.07) is 8.03. The molecule has 148 valence electrons. The van der Waals surface area contributed by atoms with Gasteiger partial charge >= 0.3 is 5.97 Å². The van der Waals surface area contributed by atoms with Crippen molar-refractivity contribution in [1.29, 1.82) is 0 Å². The van der Waals surface area contributed by atoms with E-state index in [1.54, 1.807) is 25.1 Å². The number of hydrogen-bond donors (Lipinski definition) is 3. The second-order valence-corrected chi connectivity index (χ2v) is 5.97. The third-order valence-electron chi connectivity index (χ3n) is 3.49. The summed E-state index contributed by atoms with van der Waals surface area (Å²) in [5.41, 5.74) is 1.24. The number of anilines is 1. The molecule has 3 N–H and O–H groups in total. The minimum absolute atomic E-state index is 0.0477. The van der Waals surface area contributed by atoms with Crippen molar-refractivity contribution in [2.24, 2.45) is 0 Å². The first kappa shape index (κ1) is 21.0. The first-order valence-electron chi connectivity index (χ1n) is 8.16. The number of esters is 1. The molecule has 2 rings (SSSR count). The number of furan rings is 1. The van der Waals surface area contributed by atoms with Gasteiger partial charge in [0.05, 0.1) is 12.8 Å². The van der Waals surface area contributed by atoms with Crippen LogP contribution in [0.1, 0.15) is 16.1 Å². The van der Waals surface area contributed by atoms with Crippen LogP contribution in [0.2, 0.25) is 5.02 Å². The summed E-state index contributed by atoms with van der Waals surface area (Å²) in [5, 5.41) is 7.72. The summed E-state index contributed by atoms with van der Waals surface area (Å²) in [6.45, 7) is 0.429. The summed E-state index contributed by atoms with van der Waals surface area (Å²) >= 11 is 5.97. The predicted molar refractivity (Wildman–Crippen MR) is 99.8 cm³/mol. The standard InChI is InChI=1S/C18H18ClN3O6/c1-11-12(19)4-2-5-13(11)22-15(23)8-20-16(24)10-28-17(25)9-21-18(26)14-6-3-7-27-14/h2-7H,8-10H2,1H3,(H,20,24)(H,21,26)(H,22,23). The van der Waals surface area contributed by atoms with Crippen LogP contribution in [0.25, 0.3) is 0 Å². The molecule has 1 aromatic heterocycles. The lowest BCUT2D eigenvalue weighted by atomic mass is 10.2. The molecular weight excluding hydrogens is 390 g/mol. The number of benzene rings is 1. The summed E-state index contributed by atoms with van der Waals surface area (Å²) < 4.78 is 9.57. The molecule has 0 saturated carbocycles. The van der Waals surface area contributed by atoms with Crippen LogP contribution in [0.15, 0.2) is 41.0 Å². The highest BCUT2D eigenvalue weighted by atomic mass is 35.5. The van der Waals surface area contributed by atoms with Crippen molar-refractivity contribution in [3.05, 3.63) is 52.9 Å².